The molecular formula is C29H38N8O6. The van der Waals surface area contributed by atoms with Crippen molar-refractivity contribution in [1.82, 2.24) is 24.4 Å². The average molecular weight is 595 g/mol. The van der Waals surface area contributed by atoms with E-state index in [0.717, 1.165) is 17.7 Å². The van der Waals surface area contributed by atoms with E-state index in [1.807, 2.05) is 48.6 Å². The number of hydrogen-bond donors (Lipinski definition) is 2. The highest BCUT2D eigenvalue weighted by Gasteiger charge is 2.34. The predicted molar refractivity (Wildman–Crippen MR) is 158 cm³/mol. The number of carbonyl (C=O) groups is 2. The summed E-state index contributed by atoms with van der Waals surface area (Å²) in [6, 6.07) is 3.14. The first kappa shape index (κ1) is 29.7. The summed E-state index contributed by atoms with van der Waals surface area (Å²) >= 11 is 0. The molecule has 43 heavy (non-hydrogen) atoms. The van der Waals surface area contributed by atoms with Crippen molar-refractivity contribution in [3.63, 3.8) is 0 Å². The normalized spacial score (nSPS) is 16.5. The van der Waals surface area contributed by atoms with Crippen LogP contribution in [0, 0.1) is 0 Å². The van der Waals surface area contributed by atoms with E-state index in [1.54, 1.807) is 32.6 Å². The zero-order valence-electron chi connectivity index (χ0n) is 25.3. The summed E-state index contributed by atoms with van der Waals surface area (Å²) in [5.74, 6) is 2.55. The summed E-state index contributed by atoms with van der Waals surface area (Å²) < 4.78 is 23.9. The van der Waals surface area contributed by atoms with Crippen molar-refractivity contribution >= 4 is 29.6 Å². The van der Waals surface area contributed by atoms with Gasteiger partial charge in [-0.1, -0.05) is 0 Å². The van der Waals surface area contributed by atoms with Gasteiger partial charge < -0.3 is 44.4 Å². The lowest BCUT2D eigenvalue weighted by Crippen LogP contribution is -2.43. The number of hydrogen-bond acceptors (Lipinski definition) is 11. The van der Waals surface area contributed by atoms with E-state index in [2.05, 4.69) is 10.3 Å². The minimum atomic E-state index is -0.623. The number of nitrogens with zero attached hydrogens (tertiary/aromatic N) is 6. The van der Waals surface area contributed by atoms with E-state index in [0.29, 0.717) is 66.5 Å². The molecule has 1 saturated heterocycles. The van der Waals surface area contributed by atoms with Gasteiger partial charge in [-0.3, -0.25) is 4.79 Å². The third kappa shape index (κ3) is 6.22. The lowest BCUT2D eigenvalue weighted by Gasteiger charge is -2.32. The molecule has 0 aliphatic carbocycles. The Labute approximate surface area is 250 Å². The van der Waals surface area contributed by atoms with Crippen LogP contribution in [-0.4, -0.2) is 82.5 Å². The molecule has 2 aromatic heterocycles. The van der Waals surface area contributed by atoms with Crippen molar-refractivity contribution in [2.45, 2.75) is 58.2 Å². The number of nitrogens with one attached hydrogen (secondary N) is 1. The van der Waals surface area contributed by atoms with Crippen molar-refractivity contribution in [3.8, 4) is 22.9 Å². The quantitative estimate of drug-likeness (QED) is 0.394. The molecule has 1 unspecified atom stereocenters. The van der Waals surface area contributed by atoms with Gasteiger partial charge in [-0.25, -0.2) is 14.8 Å². The molecule has 14 nitrogen and oxygen atoms in total. The molecule has 3 N–H and O–H groups in total. The SMILES string of the molecule is COc1cc(-n2cnc(Nc3nc(N4CCCC4C(N)=O)nc4c3CCN(C(=O)OC(C)(C)C)C4)c2)cc(OC)c1OC. The molecule has 2 amide bonds. The number of primary amides is 1. The zero-order valence-corrected chi connectivity index (χ0v) is 25.3. The zero-order chi connectivity index (χ0) is 30.9. The number of amides is 2. The Balaban J connectivity index is 1.49. The second kappa shape index (κ2) is 11.9. The highest BCUT2D eigenvalue weighted by molar-refractivity contribution is 5.83. The molecule has 1 fully saturated rings. The summed E-state index contributed by atoms with van der Waals surface area (Å²) in [7, 11) is 4.67. The van der Waals surface area contributed by atoms with Crippen LogP contribution in [0.5, 0.6) is 17.2 Å². The van der Waals surface area contributed by atoms with E-state index >= 15 is 0 Å². The Kier molecular flexibility index (Phi) is 8.20. The van der Waals surface area contributed by atoms with Crippen LogP contribution in [0.4, 0.5) is 22.4 Å². The van der Waals surface area contributed by atoms with E-state index in [9.17, 15) is 9.59 Å². The number of fused-ring (bicyclic) bond motifs is 1. The average Bonchev–Trinajstić information content (AvgIpc) is 3.65. The van der Waals surface area contributed by atoms with Crippen LogP contribution >= 0.6 is 0 Å². The van der Waals surface area contributed by atoms with Crippen molar-refractivity contribution in [3.05, 3.63) is 35.9 Å². The molecule has 1 atom stereocenters. The van der Waals surface area contributed by atoms with Gasteiger partial charge in [-0.05, 0) is 40.0 Å². The van der Waals surface area contributed by atoms with Gasteiger partial charge in [0, 0.05) is 30.8 Å². The van der Waals surface area contributed by atoms with Crippen molar-refractivity contribution in [2.75, 3.05) is 44.6 Å². The van der Waals surface area contributed by atoms with Gasteiger partial charge in [0.15, 0.2) is 11.5 Å². The van der Waals surface area contributed by atoms with E-state index in [-0.39, 0.29) is 6.54 Å². The van der Waals surface area contributed by atoms with Crippen LogP contribution in [-0.2, 0) is 22.5 Å². The number of imidazole rings is 1. The standard InChI is InChI=1S/C29H38N8O6/c1-29(2,3)43-28(39)35-11-9-18-19(14-35)32-27(37-10-7-8-20(37)25(30)38)34-26(18)33-23-15-36(16-31-23)17-12-21(40-4)24(42-6)22(13-17)41-5/h12-13,15-16,20H,7-11,14H2,1-6H3,(H2,30,38)(H,32,33,34). The first-order valence-corrected chi connectivity index (χ1v) is 14.1. The Bertz CT molecular complexity index is 1490. The molecule has 1 aromatic carbocycles. The maximum atomic E-state index is 12.9. The molecule has 2 aliphatic heterocycles. The summed E-state index contributed by atoms with van der Waals surface area (Å²) in [4.78, 5) is 42.7. The van der Waals surface area contributed by atoms with Crippen LogP contribution in [0.2, 0.25) is 0 Å². The maximum absolute atomic E-state index is 12.9. The number of nitrogens with two attached hydrogens (primary N) is 1. The first-order chi connectivity index (χ1) is 20.5. The lowest BCUT2D eigenvalue weighted by atomic mass is 10.1. The third-order valence-electron chi connectivity index (χ3n) is 7.32. The minimum absolute atomic E-state index is 0.239. The molecule has 5 rings (SSSR count). The largest absolute Gasteiger partial charge is 0.493 e. The number of methoxy groups -OCH3 is 3. The fourth-order valence-corrected chi connectivity index (χ4v) is 5.30. The van der Waals surface area contributed by atoms with Crippen molar-refractivity contribution in [1.29, 1.82) is 0 Å². The first-order valence-electron chi connectivity index (χ1n) is 14.1. The second-order valence-corrected chi connectivity index (χ2v) is 11.4. The summed E-state index contributed by atoms with van der Waals surface area (Å²) in [6.07, 6.45) is 4.98. The number of benzene rings is 1. The molecule has 4 heterocycles. The van der Waals surface area contributed by atoms with E-state index < -0.39 is 23.6 Å². The van der Waals surface area contributed by atoms with Gasteiger partial charge in [0.1, 0.15) is 29.6 Å². The van der Waals surface area contributed by atoms with Crippen LogP contribution < -0.4 is 30.2 Å². The smallest absolute Gasteiger partial charge is 0.410 e. The molecule has 0 saturated carbocycles. The van der Waals surface area contributed by atoms with E-state index in [4.69, 9.17) is 34.6 Å². The molecule has 3 aromatic rings. The van der Waals surface area contributed by atoms with Crippen LogP contribution in [0.3, 0.4) is 0 Å². The van der Waals surface area contributed by atoms with Gasteiger partial charge in [0.2, 0.25) is 17.6 Å². The Hall–Kier alpha value is -4.75. The molecule has 14 heteroatoms. The molecule has 230 valence electrons. The maximum Gasteiger partial charge on any atom is 0.410 e. The summed E-state index contributed by atoms with van der Waals surface area (Å²) in [5.41, 5.74) is 7.36. The molecular weight excluding hydrogens is 556 g/mol. The molecule has 0 radical (unpaired) electrons. The van der Waals surface area contributed by atoms with Crippen molar-refractivity contribution < 1.29 is 28.5 Å². The Morgan fingerprint density at radius 1 is 1.05 bits per heavy atom. The van der Waals surface area contributed by atoms with Crippen molar-refractivity contribution in [2.24, 2.45) is 5.73 Å². The topological polar surface area (TPSA) is 159 Å². The number of rotatable bonds is 8. The number of carbonyl (C=O) groups excluding carboxylic acids is 2. The predicted octanol–water partition coefficient (Wildman–Crippen LogP) is 3.18. The fraction of sp³-hybridized carbons (Fsp3) is 0.483. The third-order valence-corrected chi connectivity index (χ3v) is 7.32. The van der Waals surface area contributed by atoms with Crippen LogP contribution in [0.25, 0.3) is 5.69 Å². The van der Waals surface area contributed by atoms with Gasteiger partial charge in [0.25, 0.3) is 0 Å². The van der Waals surface area contributed by atoms with Gasteiger partial charge >= 0.3 is 6.09 Å². The fourth-order valence-electron chi connectivity index (χ4n) is 5.30. The number of anilines is 3. The minimum Gasteiger partial charge on any atom is -0.493 e. The van der Waals surface area contributed by atoms with Gasteiger partial charge in [0.05, 0.1) is 45.5 Å². The number of aromatic nitrogens is 4. The molecule has 0 bridgehead atoms. The Morgan fingerprint density at radius 2 is 1.77 bits per heavy atom. The molecule has 0 spiro atoms. The Morgan fingerprint density at radius 3 is 2.40 bits per heavy atom. The van der Waals surface area contributed by atoms with Crippen LogP contribution in [0.15, 0.2) is 24.7 Å². The van der Waals surface area contributed by atoms with E-state index in [1.165, 1.54) is 0 Å². The number of ether oxygens (including phenoxy) is 4. The second-order valence-electron chi connectivity index (χ2n) is 11.4. The van der Waals surface area contributed by atoms with Crippen LogP contribution in [0.1, 0.15) is 44.9 Å². The van der Waals surface area contributed by atoms with Gasteiger partial charge in [-0.2, -0.15) is 4.98 Å². The lowest BCUT2D eigenvalue weighted by molar-refractivity contribution is -0.119. The summed E-state index contributed by atoms with van der Waals surface area (Å²) in [6.45, 7) is 6.77. The summed E-state index contributed by atoms with van der Waals surface area (Å²) in [5, 5.41) is 3.34. The highest BCUT2D eigenvalue weighted by Crippen LogP contribution is 2.39. The molecule has 2 aliphatic rings. The van der Waals surface area contributed by atoms with Gasteiger partial charge in [-0.15, -0.1) is 0 Å². The highest BCUT2D eigenvalue weighted by atomic mass is 16.6. The monoisotopic (exact) mass is 594 g/mol.